The molecule has 5 rings (SSSR count). The Morgan fingerprint density at radius 1 is 0.833 bits per heavy atom. The minimum atomic E-state index is 0.877. The number of nitrogens with one attached hydrogen (secondary N) is 3. The minimum Gasteiger partial charge on any atom is -0.361 e. The summed E-state index contributed by atoms with van der Waals surface area (Å²) in [5.74, 6) is 0. The summed E-state index contributed by atoms with van der Waals surface area (Å²) in [6.07, 6.45) is 13.3. The van der Waals surface area contributed by atoms with Gasteiger partial charge in [-0.2, -0.15) is 0 Å². The number of hydrogen-bond donors (Lipinski definition) is 3. The van der Waals surface area contributed by atoms with Crippen molar-refractivity contribution in [3.05, 3.63) is 87.7 Å². The molecule has 4 heteroatoms. The highest BCUT2D eigenvalue weighted by Gasteiger charge is 2.05. The Morgan fingerprint density at radius 3 is 2.71 bits per heavy atom. The van der Waals surface area contributed by atoms with E-state index < -0.39 is 0 Å². The highest BCUT2D eigenvalue weighted by atomic mass is 14.8. The standard InChI is InChI=1S/C20H16N4/c1-2-15-9-16-3-4-17(23-16)10-18-5-6-19(24-18)11-20-8-13(12-21-20)7-14(1)22-15/h1-6,8-12,21-22,24H,7H2/b16-9-,18-10-,19-11-. The lowest BCUT2D eigenvalue weighted by Crippen LogP contribution is -2.10. The number of aliphatic imine (C=N–C) groups is 1. The summed E-state index contributed by atoms with van der Waals surface area (Å²) < 4.78 is 0. The fraction of sp³-hybridized carbons (Fsp3) is 0.0500. The Bertz CT molecular complexity index is 1130. The van der Waals surface area contributed by atoms with Gasteiger partial charge in [-0.3, -0.25) is 0 Å². The molecule has 3 N–H and O–H groups in total. The van der Waals surface area contributed by atoms with Crippen LogP contribution in [0.1, 0.15) is 22.6 Å². The minimum absolute atomic E-state index is 0.877. The van der Waals surface area contributed by atoms with Crippen molar-refractivity contribution in [1.82, 2.24) is 15.0 Å². The molecule has 0 aromatic carbocycles. The van der Waals surface area contributed by atoms with Crippen LogP contribution in [-0.4, -0.2) is 20.7 Å². The van der Waals surface area contributed by atoms with Crippen LogP contribution in [0.15, 0.2) is 59.4 Å². The first kappa shape index (κ1) is 13.2. The Kier molecular flexibility index (Phi) is 2.82. The van der Waals surface area contributed by atoms with Crippen LogP contribution < -0.4 is 10.7 Å². The summed E-state index contributed by atoms with van der Waals surface area (Å²) in [5.41, 5.74) is 6.54. The molecule has 2 aliphatic rings. The van der Waals surface area contributed by atoms with E-state index in [1.54, 1.807) is 0 Å². The molecule has 0 amide bonds. The van der Waals surface area contributed by atoms with Crippen molar-refractivity contribution in [3.8, 4) is 0 Å². The summed E-state index contributed by atoms with van der Waals surface area (Å²) in [5, 5.41) is 2.12. The van der Waals surface area contributed by atoms with E-state index in [9.17, 15) is 0 Å². The van der Waals surface area contributed by atoms with Crippen molar-refractivity contribution >= 4 is 23.9 Å². The number of rotatable bonds is 0. The molecule has 8 bridgehead atoms. The van der Waals surface area contributed by atoms with Gasteiger partial charge in [0.05, 0.1) is 11.4 Å². The second kappa shape index (κ2) is 5.13. The second-order valence-electron chi connectivity index (χ2n) is 6.18. The van der Waals surface area contributed by atoms with Gasteiger partial charge >= 0.3 is 0 Å². The number of nitrogens with zero attached hydrogens (tertiary/aromatic N) is 1. The van der Waals surface area contributed by atoms with E-state index in [2.05, 4.69) is 74.7 Å². The van der Waals surface area contributed by atoms with Gasteiger partial charge in [-0.1, -0.05) is 0 Å². The lowest BCUT2D eigenvalue weighted by Gasteiger charge is -1.95. The molecule has 0 saturated carbocycles. The van der Waals surface area contributed by atoms with Crippen molar-refractivity contribution in [2.75, 3.05) is 0 Å². The van der Waals surface area contributed by atoms with E-state index in [-0.39, 0.29) is 0 Å². The summed E-state index contributed by atoms with van der Waals surface area (Å²) in [4.78, 5) is 14.8. The number of hydrogen-bond acceptors (Lipinski definition) is 1. The molecule has 0 aliphatic carbocycles. The summed E-state index contributed by atoms with van der Waals surface area (Å²) in [6.45, 7) is 0. The lowest BCUT2D eigenvalue weighted by atomic mass is 10.2. The normalized spacial score (nSPS) is 20.5. The number of H-pyrrole nitrogens is 3. The largest absolute Gasteiger partial charge is 0.361 e. The Labute approximate surface area is 138 Å². The van der Waals surface area contributed by atoms with E-state index in [1.807, 2.05) is 12.2 Å². The highest BCUT2D eigenvalue weighted by molar-refractivity contribution is 6.19. The SMILES string of the molecule is C1=C/C2=C/c3ccc([nH]3)Cc3c[nH]c(c3)/C=c3/cc/c([nH]3)=C/C1=N2. The van der Waals surface area contributed by atoms with E-state index in [0.717, 1.165) is 39.9 Å². The molecule has 0 fully saturated rings. The second-order valence-corrected chi connectivity index (χ2v) is 6.18. The smallest absolute Gasteiger partial charge is 0.0658 e. The monoisotopic (exact) mass is 312 g/mol. The summed E-state index contributed by atoms with van der Waals surface area (Å²) in [6, 6.07) is 10.6. The zero-order chi connectivity index (χ0) is 15.9. The number of aromatic nitrogens is 3. The van der Waals surface area contributed by atoms with E-state index >= 15 is 0 Å². The van der Waals surface area contributed by atoms with Gasteiger partial charge in [0.25, 0.3) is 0 Å². The Morgan fingerprint density at radius 2 is 1.75 bits per heavy atom. The molecule has 3 aromatic rings. The lowest BCUT2D eigenvalue weighted by molar-refractivity contribution is 1.10. The van der Waals surface area contributed by atoms with Crippen molar-refractivity contribution in [2.45, 2.75) is 6.42 Å². The quantitative estimate of drug-likeness (QED) is 0.570. The molecule has 0 saturated heterocycles. The predicted molar refractivity (Wildman–Crippen MR) is 97.0 cm³/mol. The van der Waals surface area contributed by atoms with Crippen molar-refractivity contribution in [2.24, 2.45) is 4.99 Å². The highest BCUT2D eigenvalue weighted by Crippen LogP contribution is 2.16. The first-order chi connectivity index (χ1) is 11.8. The van der Waals surface area contributed by atoms with Gasteiger partial charge in [0, 0.05) is 40.4 Å². The zero-order valence-corrected chi connectivity index (χ0v) is 13.0. The van der Waals surface area contributed by atoms with Crippen LogP contribution in [0, 0.1) is 0 Å². The Balaban J connectivity index is 1.70. The predicted octanol–water partition coefficient (Wildman–Crippen LogP) is 2.24. The van der Waals surface area contributed by atoms with Crippen LogP contribution in [0.25, 0.3) is 18.2 Å². The van der Waals surface area contributed by atoms with Gasteiger partial charge in [-0.05, 0) is 66.3 Å². The van der Waals surface area contributed by atoms with Gasteiger partial charge in [0.15, 0.2) is 0 Å². The molecule has 0 atom stereocenters. The molecule has 0 radical (unpaired) electrons. The molecule has 3 aromatic heterocycles. The molecule has 0 spiro atoms. The maximum absolute atomic E-state index is 4.65. The van der Waals surface area contributed by atoms with E-state index in [4.69, 9.17) is 0 Å². The van der Waals surface area contributed by atoms with Gasteiger partial charge in [0.1, 0.15) is 0 Å². The number of allylic oxidation sites excluding steroid dienone is 2. The number of fused-ring (bicyclic) bond motifs is 7. The molecule has 2 aliphatic heterocycles. The maximum Gasteiger partial charge on any atom is 0.0658 e. The van der Waals surface area contributed by atoms with Crippen LogP contribution >= 0.6 is 0 Å². The van der Waals surface area contributed by atoms with Gasteiger partial charge in [-0.25, -0.2) is 4.99 Å². The zero-order valence-electron chi connectivity index (χ0n) is 13.0. The van der Waals surface area contributed by atoms with Crippen LogP contribution in [0.4, 0.5) is 0 Å². The van der Waals surface area contributed by atoms with Crippen LogP contribution in [0.3, 0.4) is 0 Å². The van der Waals surface area contributed by atoms with Gasteiger partial charge in [0.2, 0.25) is 0 Å². The van der Waals surface area contributed by atoms with Crippen LogP contribution in [0.5, 0.6) is 0 Å². The fourth-order valence-electron chi connectivity index (χ4n) is 3.15. The number of aromatic amines is 3. The topological polar surface area (TPSA) is 59.7 Å². The molecule has 4 nitrogen and oxygen atoms in total. The average Bonchev–Trinajstić information content (AvgIpc) is 3.32. The summed E-state index contributed by atoms with van der Waals surface area (Å²) >= 11 is 0. The Hall–Kier alpha value is -3.27. The molecule has 5 heterocycles. The molecular weight excluding hydrogens is 296 g/mol. The molecular formula is C20H16N4. The van der Waals surface area contributed by atoms with Crippen molar-refractivity contribution in [1.29, 1.82) is 0 Å². The third kappa shape index (κ3) is 2.48. The van der Waals surface area contributed by atoms with Crippen molar-refractivity contribution < 1.29 is 0 Å². The average molecular weight is 312 g/mol. The molecule has 116 valence electrons. The van der Waals surface area contributed by atoms with Crippen LogP contribution in [-0.2, 0) is 6.42 Å². The van der Waals surface area contributed by atoms with Gasteiger partial charge < -0.3 is 15.0 Å². The third-order valence-electron chi connectivity index (χ3n) is 4.26. The maximum atomic E-state index is 4.65. The first-order valence-corrected chi connectivity index (χ1v) is 8.02. The summed E-state index contributed by atoms with van der Waals surface area (Å²) in [7, 11) is 0. The molecule has 0 unspecified atom stereocenters. The molecule has 24 heavy (non-hydrogen) atoms. The van der Waals surface area contributed by atoms with Crippen LogP contribution in [0.2, 0.25) is 0 Å². The third-order valence-corrected chi connectivity index (χ3v) is 4.26. The first-order valence-electron chi connectivity index (χ1n) is 8.02. The van der Waals surface area contributed by atoms with E-state index in [0.29, 0.717) is 0 Å². The van der Waals surface area contributed by atoms with Crippen molar-refractivity contribution in [3.63, 3.8) is 0 Å². The fourth-order valence-corrected chi connectivity index (χ4v) is 3.15. The van der Waals surface area contributed by atoms with Gasteiger partial charge in [-0.15, -0.1) is 0 Å². The van der Waals surface area contributed by atoms with E-state index in [1.165, 1.54) is 11.3 Å².